The van der Waals surface area contributed by atoms with Crippen molar-refractivity contribution in [2.24, 2.45) is 0 Å². The Morgan fingerprint density at radius 3 is 2.43 bits per heavy atom. The fraction of sp³-hybridized carbons (Fsp3) is 0.139. The van der Waals surface area contributed by atoms with Gasteiger partial charge in [0.1, 0.15) is 15.7 Å². The van der Waals surface area contributed by atoms with Crippen LogP contribution in [0.1, 0.15) is 16.7 Å². The first-order valence-corrected chi connectivity index (χ1v) is 17.0. The summed E-state index contributed by atoms with van der Waals surface area (Å²) in [5.74, 6) is -0.444. The molecule has 0 fully saturated rings. The Bertz CT molecular complexity index is 2300. The topological polar surface area (TPSA) is 116 Å². The number of rotatable bonds is 10. The second-order valence-corrected chi connectivity index (χ2v) is 13.8. The molecule has 10 heteroatoms. The van der Waals surface area contributed by atoms with E-state index in [1.54, 1.807) is 6.20 Å². The average Bonchev–Trinajstić information content (AvgIpc) is 3.68. The summed E-state index contributed by atoms with van der Waals surface area (Å²) >= 11 is 0. The van der Waals surface area contributed by atoms with Crippen LogP contribution in [0, 0.1) is 5.82 Å². The van der Waals surface area contributed by atoms with Crippen LogP contribution in [0.15, 0.2) is 104 Å². The SMILES string of the molecule is CS(=O)(=O)CCc1cc(F)cc(-c2cccc3[nH]c(-c4[nH]nc5ncc(-c6cncc(CNCc7ccccc7)c6)cc45)cc23)c1. The highest BCUT2D eigenvalue weighted by Crippen LogP contribution is 2.35. The first-order valence-electron chi connectivity index (χ1n) is 14.9. The van der Waals surface area contributed by atoms with Gasteiger partial charge in [0, 0.05) is 65.4 Å². The lowest BCUT2D eigenvalue weighted by Crippen LogP contribution is -2.12. The van der Waals surface area contributed by atoms with Gasteiger partial charge >= 0.3 is 0 Å². The number of aromatic nitrogens is 5. The van der Waals surface area contributed by atoms with Gasteiger partial charge in [-0.05, 0) is 70.6 Å². The van der Waals surface area contributed by atoms with Crippen LogP contribution in [0.3, 0.4) is 0 Å². The number of nitrogens with zero attached hydrogens (tertiary/aromatic N) is 3. The predicted molar refractivity (Wildman–Crippen MR) is 180 cm³/mol. The molecule has 7 aromatic rings. The first-order chi connectivity index (χ1) is 22.3. The summed E-state index contributed by atoms with van der Waals surface area (Å²) in [5, 5.41) is 12.8. The number of hydrogen-bond donors (Lipinski definition) is 3. The zero-order valence-corrected chi connectivity index (χ0v) is 25.9. The van der Waals surface area contributed by atoms with Crippen LogP contribution in [-0.4, -0.2) is 45.6 Å². The van der Waals surface area contributed by atoms with Crippen LogP contribution in [0.25, 0.3) is 55.6 Å². The molecular weight excluding hydrogens is 600 g/mol. The fourth-order valence-electron chi connectivity index (χ4n) is 5.75. The molecule has 0 spiro atoms. The van der Waals surface area contributed by atoms with Gasteiger partial charge in [0.15, 0.2) is 5.65 Å². The number of aromatic amines is 2. The summed E-state index contributed by atoms with van der Waals surface area (Å²) in [4.78, 5) is 12.6. The van der Waals surface area contributed by atoms with Crippen LogP contribution in [0.2, 0.25) is 0 Å². The Balaban J connectivity index is 1.19. The Hall–Kier alpha value is -5.19. The molecule has 0 amide bonds. The van der Waals surface area contributed by atoms with Gasteiger partial charge in [0.05, 0.1) is 17.1 Å². The summed E-state index contributed by atoms with van der Waals surface area (Å²) in [6.07, 6.45) is 6.94. The molecule has 0 radical (unpaired) electrons. The summed E-state index contributed by atoms with van der Waals surface area (Å²) in [5.41, 5.74) is 9.40. The van der Waals surface area contributed by atoms with Crippen LogP contribution >= 0.6 is 0 Å². The summed E-state index contributed by atoms with van der Waals surface area (Å²) in [7, 11) is -3.17. The highest BCUT2D eigenvalue weighted by atomic mass is 32.2. The number of H-pyrrole nitrogens is 2. The third-order valence-electron chi connectivity index (χ3n) is 8.00. The van der Waals surface area contributed by atoms with Crippen LogP contribution in [0.5, 0.6) is 0 Å². The quantitative estimate of drug-likeness (QED) is 0.152. The molecule has 0 aliphatic rings. The minimum absolute atomic E-state index is 0.0389. The van der Waals surface area contributed by atoms with Gasteiger partial charge in [-0.2, -0.15) is 5.10 Å². The van der Waals surface area contributed by atoms with E-state index in [9.17, 15) is 12.8 Å². The molecule has 0 saturated carbocycles. The molecule has 230 valence electrons. The second-order valence-electron chi connectivity index (χ2n) is 11.5. The maximum absolute atomic E-state index is 14.7. The predicted octanol–water partition coefficient (Wildman–Crippen LogP) is 6.85. The number of aryl methyl sites for hydroxylation is 1. The van der Waals surface area contributed by atoms with E-state index in [1.165, 1.54) is 24.0 Å². The van der Waals surface area contributed by atoms with Gasteiger partial charge in [-0.25, -0.2) is 17.8 Å². The Morgan fingerprint density at radius 2 is 1.59 bits per heavy atom. The third kappa shape index (κ3) is 6.44. The standard InChI is InChI=1S/C36H31FN6O2S/c1-46(44,45)11-10-24-12-26(15-29(37)14-24)30-8-5-9-33-31(30)17-34(41-33)35-32-16-28(22-40-36(32)43-42-35)27-13-25(20-39-21-27)19-38-18-23-6-3-2-4-7-23/h2-9,12-17,20-22,38,41H,10-11,18-19H2,1H3,(H,40,42,43). The van der Waals surface area contributed by atoms with Gasteiger partial charge in [-0.3, -0.25) is 10.1 Å². The van der Waals surface area contributed by atoms with Crippen molar-refractivity contribution < 1.29 is 12.8 Å². The van der Waals surface area contributed by atoms with Crippen molar-refractivity contribution in [1.29, 1.82) is 0 Å². The maximum Gasteiger partial charge on any atom is 0.181 e. The highest BCUT2D eigenvalue weighted by molar-refractivity contribution is 7.90. The highest BCUT2D eigenvalue weighted by Gasteiger charge is 2.16. The summed E-state index contributed by atoms with van der Waals surface area (Å²) in [6, 6.07) is 27.0. The van der Waals surface area contributed by atoms with Gasteiger partial charge in [-0.1, -0.05) is 48.5 Å². The van der Waals surface area contributed by atoms with Crippen molar-refractivity contribution in [2.45, 2.75) is 19.5 Å². The molecule has 0 saturated heterocycles. The van der Waals surface area contributed by atoms with E-state index in [0.29, 0.717) is 23.3 Å². The van der Waals surface area contributed by atoms with E-state index >= 15 is 0 Å². The minimum Gasteiger partial charge on any atom is -0.353 e. The number of nitrogens with one attached hydrogen (secondary N) is 3. The summed E-state index contributed by atoms with van der Waals surface area (Å²) < 4.78 is 38.1. The lowest BCUT2D eigenvalue weighted by atomic mass is 9.98. The molecule has 8 nitrogen and oxygen atoms in total. The fourth-order valence-corrected chi connectivity index (χ4v) is 6.35. The number of sulfone groups is 1. The molecule has 0 aliphatic carbocycles. The first kappa shape index (κ1) is 29.5. The van der Waals surface area contributed by atoms with Gasteiger partial charge in [0.25, 0.3) is 0 Å². The normalized spacial score (nSPS) is 11.9. The average molecular weight is 631 g/mol. The van der Waals surface area contributed by atoms with Crippen molar-refractivity contribution in [1.82, 2.24) is 30.5 Å². The minimum atomic E-state index is -3.17. The number of halogens is 1. The van der Waals surface area contributed by atoms with E-state index in [-0.39, 0.29) is 12.2 Å². The van der Waals surface area contributed by atoms with Crippen LogP contribution in [0.4, 0.5) is 4.39 Å². The number of fused-ring (bicyclic) bond motifs is 2. The molecule has 0 aliphatic heterocycles. The molecule has 0 atom stereocenters. The zero-order valence-electron chi connectivity index (χ0n) is 25.1. The van der Waals surface area contributed by atoms with Gasteiger partial charge < -0.3 is 10.3 Å². The van der Waals surface area contributed by atoms with Crippen molar-refractivity contribution in [3.05, 3.63) is 126 Å². The molecule has 0 bridgehead atoms. The molecule has 4 heterocycles. The van der Waals surface area contributed by atoms with Crippen molar-refractivity contribution in [3.63, 3.8) is 0 Å². The number of pyridine rings is 2. The Morgan fingerprint density at radius 1 is 0.783 bits per heavy atom. The van der Waals surface area contributed by atoms with Crippen molar-refractivity contribution in [3.8, 4) is 33.6 Å². The molecule has 46 heavy (non-hydrogen) atoms. The molecular formula is C36H31FN6O2S. The van der Waals surface area contributed by atoms with Gasteiger partial charge in [0.2, 0.25) is 0 Å². The smallest absolute Gasteiger partial charge is 0.181 e. The van der Waals surface area contributed by atoms with Crippen molar-refractivity contribution >= 4 is 31.8 Å². The molecule has 0 unspecified atom stereocenters. The summed E-state index contributed by atoms with van der Waals surface area (Å²) in [6.45, 7) is 1.46. The molecule has 3 aromatic carbocycles. The monoisotopic (exact) mass is 630 g/mol. The van der Waals surface area contributed by atoms with Crippen LogP contribution < -0.4 is 5.32 Å². The lowest BCUT2D eigenvalue weighted by molar-refractivity contribution is 0.600. The third-order valence-corrected chi connectivity index (χ3v) is 8.95. The maximum atomic E-state index is 14.7. The van der Waals surface area contributed by atoms with E-state index in [4.69, 9.17) is 0 Å². The largest absolute Gasteiger partial charge is 0.353 e. The molecule has 7 rings (SSSR count). The molecule has 3 N–H and O–H groups in total. The molecule has 4 aromatic heterocycles. The Labute approximate surface area is 265 Å². The van der Waals surface area contributed by atoms with E-state index < -0.39 is 15.7 Å². The van der Waals surface area contributed by atoms with Crippen LogP contribution in [-0.2, 0) is 29.3 Å². The lowest BCUT2D eigenvalue weighted by Gasteiger charge is -2.08. The number of benzene rings is 3. The second kappa shape index (κ2) is 12.3. The van der Waals surface area contributed by atoms with E-state index in [0.717, 1.165) is 56.5 Å². The van der Waals surface area contributed by atoms with Crippen molar-refractivity contribution in [2.75, 3.05) is 12.0 Å². The Kier molecular flexibility index (Phi) is 7.90. The zero-order chi connectivity index (χ0) is 31.7. The van der Waals surface area contributed by atoms with E-state index in [2.05, 4.69) is 54.7 Å². The van der Waals surface area contributed by atoms with E-state index in [1.807, 2.05) is 60.9 Å². The number of hydrogen-bond acceptors (Lipinski definition) is 6. The van der Waals surface area contributed by atoms with Gasteiger partial charge in [-0.15, -0.1) is 0 Å².